The van der Waals surface area contributed by atoms with Crippen molar-refractivity contribution in [2.45, 2.75) is 51.2 Å². The molecule has 1 aliphatic heterocycles. The van der Waals surface area contributed by atoms with Crippen LogP contribution in [0.3, 0.4) is 0 Å². The van der Waals surface area contributed by atoms with Crippen LogP contribution in [0, 0.1) is 0 Å². The number of hydrogen-bond acceptors (Lipinski definition) is 2. The van der Waals surface area contributed by atoms with E-state index in [0.717, 1.165) is 38.8 Å². The van der Waals surface area contributed by atoms with E-state index in [4.69, 9.17) is 4.74 Å². The Balaban J connectivity index is 2.45. The van der Waals surface area contributed by atoms with E-state index < -0.39 is 0 Å². The summed E-state index contributed by atoms with van der Waals surface area (Å²) in [6, 6.07) is 0.613. The molecule has 0 aromatic carbocycles. The molecule has 1 aliphatic rings. The van der Waals surface area contributed by atoms with Gasteiger partial charge in [-0.1, -0.05) is 19.9 Å². The second-order valence-corrected chi connectivity index (χ2v) is 4.13. The third-order valence-electron chi connectivity index (χ3n) is 3.33. The summed E-state index contributed by atoms with van der Waals surface area (Å²) < 4.78 is 5.91. The lowest BCUT2D eigenvalue weighted by molar-refractivity contribution is -0.0926. The van der Waals surface area contributed by atoms with Gasteiger partial charge >= 0.3 is 0 Å². The van der Waals surface area contributed by atoms with Crippen LogP contribution in [0.1, 0.15) is 39.5 Å². The molecule has 0 aliphatic carbocycles. The summed E-state index contributed by atoms with van der Waals surface area (Å²) in [5, 5.41) is 3.50. The van der Waals surface area contributed by atoms with Gasteiger partial charge in [0, 0.05) is 19.2 Å². The van der Waals surface area contributed by atoms with Crippen LogP contribution >= 0.6 is 0 Å². The largest absolute Gasteiger partial charge is 0.375 e. The number of hydrogen-bond donors (Lipinski definition) is 1. The van der Waals surface area contributed by atoms with Crippen molar-refractivity contribution in [3.63, 3.8) is 0 Å². The fraction of sp³-hybridized carbons (Fsp3) is 0.833. The Morgan fingerprint density at radius 1 is 1.50 bits per heavy atom. The molecular formula is C12H23NO. The molecule has 0 aromatic heterocycles. The molecule has 0 spiro atoms. The van der Waals surface area contributed by atoms with Crippen molar-refractivity contribution < 1.29 is 4.74 Å². The Morgan fingerprint density at radius 3 is 2.79 bits per heavy atom. The number of nitrogens with one attached hydrogen (secondary N) is 1. The Hall–Kier alpha value is -0.340. The minimum Gasteiger partial charge on any atom is -0.375 e. The minimum absolute atomic E-state index is 0.136. The van der Waals surface area contributed by atoms with E-state index in [9.17, 15) is 0 Å². The first-order chi connectivity index (χ1) is 6.76. The average molecular weight is 197 g/mol. The highest BCUT2D eigenvalue weighted by molar-refractivity contribution is 4.89. The van der Waals surface area contributed by atoms with Crippen LogP contribution in [-0.2, 0) is 4.74 Å². The molecule has 0 bridgehead atoms. The highest BCUT2D eigenvalue weighted by atomic mass is 16.5. The van der Waals surface area contributed by atoms with E-state index in [0.29, 0.717) is 6.04 Å². The van der Waals surface area contributed by atoms with Gasteiger partial charge < -0.3 is 10.1 Å². The molecule has 1 unspecified atom stereocenters. The van der Waals surface area contributed by atoms with Crippen LogP contribution in [0.25, 0.3) is 0 Å². The number of rotatable bonds is 5. The van der Waals surface area contributed by atoms with Crippen LogP contribution < -0.4 is 5.32 Å². The zero-order valence-corrected chi connectivity index (χ0v) is 9.51. The van der Waals surface area contributed by atoms with Gasteiger partial charge in [0.05, 0.1) is 5.60 Å². The molecule has 2 heteroatoms. The van der Waals surface area contributed by atoms with Gasteiger partial charge in [-0.2, -0.15) is 0 Å². The maximum Gasteiger partial charge on any atom is 0.0692 e. The Kier molecular flexibility index (Phi) is 4.63. The minimum atomic E-state index is 0.136. The second-order valence-electron chi connectivity index (χ2n) is 4.13. The van der Waals surface area contributed by atoms with E-state index in [1.54, 1.807) is 0 Å². The first-order valence-electron chi connectivity index (χ1n) is 5.74. The molecule has 1 fully saturated rings. The summed E-state index contributed by atoms with van der Waals surface area (Å²) in [6.07, 6.45) is 6.45. The lowest BCUT2D eigenvalue weighted by Gasteiger charge is -2.40. The van der Waals surface area contributed by atoms with Crippen molar-refractivity contribution in [3.05, 3.63) is 12.7 Å². The molecule has 14 heavy (non-hydrogen) atoms. The van der Waals surface area contributed by atoms with Gasteiger partial charge in [0.2, 0.25) is 0 Å². The highest BCUT2D eigenvalue weighted by Gasteiger charge is 2.33. The maximum atomic E-state index is 5.91. The third kappa shape index (κ3) is 2.82. The van der Waals surface area contributed by atoms with Crippen molar-refractivity contribution in [2.24, 2.45) is 0 Å². The van der Waals surface area contributed by atoms with Crippen LogP contribution in [0.4, 0.5) is 0 Å². The standard InChI is InChI=1S/C12H23NO/c1-4-8-13-11-7-9-14-12(5-2,6-3)10-11/h4,11,13H,1,5-10H2,2-3H3. The van der Waals surface area contributed by atoms with E-state index in [1.807, 2.05) is 6.08 Å². The zero-order chi connectivity index (χ0) is 10.4. The lowest BCUT2D eigenvalue weighted by atomic mass is 9.86. The SMILES string of the molecule is C=CCNC1CCOC(CC)(CC)C1. The second kappa shape index (κ2) is 5.52. The van der Waals surface area contributed by atoms with Crippen molar-refractivity contribution in [1.82, 2.24) is 5.32 Å². The van der Waals surface area contributed by atoms with Gasteiger partial charge in [-0.3, -0.25) is 0 Å². The molecule has 1 N–H and O–H groups in total. The molecule has 0 amide bonds. The summed E-state index contributed by atoms with van der Waals surface area (Å²) in [5.41, 5.74) is 0.136. The van der Waals surface area contributed by atoms with Gasteiger partial charge in [-0.25, -0.2) is 0 Å². The molecular weight excluding hydrogens is 174 g/mol. The molecule has 0 aromatic rings. The van der Waals surface area contributed by atoms with E-state index in [1.165, 1.54) is 0 Å². The maximum absolute atomic E-state index is 5.91. The molecule has 82 valence electrons. The van der Waals surface area contributed by atoms with Crippen molar-refractivity contribution in [2.75, 3.05) is 13.2 Å². The van der Waals surface area contributed by atoms with Crippen molar-refractivity contribution in [1.29, 1.82) is 0 Å². The van der Waals surface area contributed by atoms with Gasteiger partial charge in [0.15, 0.2) is 0 Å². The molecule has 1 atom stereocenters. The topological polar surface area (TPSA) is 21.3 Å². The monoisotopic (exact) mass is 197 g/mol. The first kappa shape index (κ1) is 11.7. The molecule has 0 saturated carbocycles. The fourth-order valence-electron chi connectivity index (χ4n) is 2.19. The summed E-state index contributed by atoms with van der Waals surface area (Å²) in [6.45, 7) is 9.98. The van der Waals surface area contributed by atoms with Gasteiger partial charge in [0.25, 0.3) is 0 Å². The first-order valence-corrected chi connectivity index (χ1v) is 5.74. The quantitative estimate of drug-likeness (QED) is 0.684. The predicted molar refractivity (Wildman–Crippen MR) is 60.5 cm³/mol. The smallest absolute Gasteiger partial charge is 0.0692 e. The van der Waals surface area contributed by atoms with E-state index in [2.05, 4.69) is 25.7 Å². The normalized spacial score (nSPS) is 26.0. The molecule has 0 radical (unpaired) electrons. The predicted octanol–water partition coefficient (Wildman–Crippen LogP) is 2.50. The Morgan fingerprint density at radius 2 is 2.21 bits per heavy atom. The molecule has 1 saturated heterocycles. The molecule has 2 nitrogen and oxygen atoms in total. The summed E-state index contributed by atoms with van der Waals surface area (Å²) in [4.78, 5) is 0. The van der Waals surface area contributed by atoms with Crippen LogP contribution in [-0.4, -0.2) is 24.8 Å². The zero-order valence-electron chi connectivity index (χ0n) is 9.51. The van der Waals surface area contributed by atoms with Crippen LogP contribution in [0.15, 0.2) is 12.7 Å². The lowest BCUT2D eigenvalue weighted by Crippen LogP contribution is -2.46. The molecule has 1 rings (SSSR count). The summed E-state index contributed by atoms with van der Waals surface area (Å²) in [7, 11) is 0. The van der Waals surface area contributed by atoms with Crippen LogP contribution in [0.2, 0.25) is 0 Å². The van der Waals surface area contributed by atoms with E-state index in [-0.39, 0.29) is 5.60 Å². The molecule has 1 heterocycles. The highest BCUT2D eigenvalue weighted by Crippen LogP contribution is 2.31. The van der Waals surface area contributed by atoms with Crippen molar-refractivity contribution >= 4 is 0 Å². The van der Waals surface area contributed by atoms with Crippen molar-refractivity contribution in [3.8, 4) is 0 Å². The van der Waals surface area contributed by atoms with Gasteiger partial charge in [-0.05, 0) is 25.7 Å². The number of ether oxygens (including phenoxy) is 1. The summed E-state index contributed by atoms with van der Waals surface area (Å²) in [5.74, 6) is 0. The van der Waals surface area contributed by atoms with Gasteiger partial charge in [0.1, 0.15) is 0 Å². The fourth-order valence-corrected chi connectivity index (χ4v) is 2.19. The average Bonchev–Trinajstić information content (AvgIpc) is 2.26. The Bertz CT molecular complexity index is 175. The Labute approximate surface area is 87.7 Å². The van der Waals surface area contributed by atoms with E-state index >= 15 is 0 Å². The van der Waals surface area contributed by atoms with Crippen LogP contribution in [0.5, 0.6) is 0 Å². The third-order valence-corrected chi connectivity index (χ3v) is 3.33. The van der Waals surface area contributed by atoms with Gasteiger partial charge in [-0.15, -0.1) is 6.58 Å². The summed E-state index contributed by atoms with van der Waals surface area (Å²) >= 11 is 0.